The van der Waals surface area contributed by atoms with Gasteiger partial charge >= 0.3 is 0 Å². The summed E-state index contributed by atoms with van der Waals surface area (Å²) in [7, 11) is 0. The Hall–Kier alpha value is -1.30. The Morgan fingerprint density at radius 1 is 1.27 bits per heavy atom. The van der Waals surface area contributed by atoms with Gasteiger partial charge in [-0.15, -0.1) is 0 Å². The molecule has 0 aliphatic heterocycles. The Bertz CT molecular complexity index is 529. The van der Waals surface area contributed by atoms with Crippen LogP contribution in [-0.4, -0.2) is 35.8 Å². The van der Waals surface area contributed by atoms with E-state index in [1.807, 2.05) is 13.8 Å². The van der Waals surface area contributed by atoms with E-state index < -0.39 is 6.04 Å². The Kier molecular flexibility index (Phi) is 7.13. The molecule has 0 heterocycles. The first-order valence-corrected chi connectivity index (χ1v) is 7.81. The molecular formula is C15H21Cl2N3O2. The molecule has 0 aliphatic carbocycles. The molecule has 0 unspecified atom stereocenters. The highest BCUT2D eigenvalue weighted by Gasteiger charge is 2.24. The quantitative estimate of drug-likeness (QED) is 0.832. The molecule has 0 aromatic heterocycles. The number of rotatable bonds is 6. The van der Waals surface area contributed by atoms with Crippen LogP contribution in [0.25, 0.3) is 0 Å². The van der Waals surface area contributed by atoms with Crippen molar-refractivity contribution in [2.45, 2.75) is 26.8 Å². The fourth-order valence-corrected chi connectivity index (χ4v) is 2.30. The van der Waals surface area contributed by atoms with Crippen molar-refractivity contribution in [2.75, 3.05) is 18.4 Å². The zero-order valence-electron chi connectivity index (χ0n) is 12.9. The highest BCUT2D eigenvalue weighted by Crippen LogP contribution is 2.29. The van der Waals surface area contributed by atoms with Crippen molar-refractivity contribution in [1.82, 2.24) is 4.90 Å². The second kappa shape index (κ2) is 8.36. The molecule has 0 aliphatic rings. The maximum absolute atomic E-state index is 12.2. The van der Waals surface area contributed by atoms with Crippen molar-refractivity contribution in [3.8, 4) is 0 Å². The number of benzene rings is 1. The molecule has 1 aromatic rings. The molecule has 22 heavy (non-hydrogen) atoms. The van der Waals surface area contributed by atoms with E-state index in [0.717, 1.165) is 0 Å². The van der Waals surface area contributed by atoms with Crippen LogP contribution in [0.3, 0.4) is 0 Å². The number of anilines is 1. The number of nitrogens with zero attached hydrogens (tertiary/aromatic N) is 1. The van der Waals surface area contributed by atoms with E-state index in [9.17, 15) is 9.59 Å². The van der Waals surface area contributed by atoms with E-state index in [-0.39, 0.29) is 24.3 Å². The van der Waals surface area contributed by atoms with E-state index in [4.69, 9.17) is 28.9 Å². The lowest BCUT2D eigenvalue weighted by Gasteiger charge is -2.25. The van der Waals surface area contributed by atoms with E-state index in [1.165, 1.54) is 4.90 Å². The number of likely N-dealkylation sites (N-methyl/N-ethyl adjacent to an activating group) is 1. The maximum Gasteiger partial charge on any atom is 0.244 e. The van der Waals surface area contributed by atoms with E-state index >= 15 is 0 Å². The Morgan fingerprint density at radius 3 is 2.27 bits per heavy atom. The van der Waals surface area contributed by atoms with Gasteiger partial charge in [-0.05, 0) is 25.0 Å². The maximum atomic E-state index is 12.2. The molecule has 122 valence electrons. The predicted octanol–water partition coefficient (Wildman–Crippen LogP) is 2.76. The third kappa shape index (κ3) is 4.87. The van der Waals surface area contributed by atoms with E-state index in [2.05, 4.69) is 5.32 Å². The van der Waals surface area contributed by atoms with Crippen molar-refractivity contribution >= 4 is 40.7 Å². The van der Waals surface area contributed by atoms with Crippen molar-refractivity contribution in [1.29, 1.82) is 0 Å². The topological polar surface area (TPSA) is 75.4 Å². The molecule has 5 nitrogen and oxygen atoms in total. The van der Waals surface area contributed by atoms with Crippen LogP contribution < -0.4 is 11.1 Å². The van der Waals surface area contributed by atoms with Crippen LogP contribution in [0.1, 0.15) is 20.8 Å². The van der Waals surface area contributed by atoms with Gasteiger partial charge in [-0.2, -0.15) is 0 Å². The molecule has 0 saturated heterocycles. The lowest BCUT2D eigenvalue weighted by atomic mass is 10.0. The standard InChI is InChI=1S/C15H21Cl2N3O2/c1-4-20(15(22)13(18)9(2)3)8-12(21)19-14-10(16)6-5-7-11(14)17/h5-7,9,13H,4,8,18H2,1-3H3,(H,19,21)/t13-/m0/s1. The molecule has 0 radical (unpaired) electrons. The summed E-state index contributed by atoms with van der Waals surface area (Å²) in [4.78, 5) is 25.7. The molecule has 0 bridgehead atoms. The summed E-state index contributed by atoms with van der Waals surface area (Å²) in [6, 6.07) is 4.31. The number of nitrogens with one attached hydrogen (secondary N) is 1. The summed E-state index contributed by atoms with van der Waals surface area (Å²) in [6.45, 7) is 5.81. The SMILES string of the molecule is CCN(CC(=O)Nc1c(Cl)cccc1Cl)C(=O)[C@@H](N)C(C)C. The normalized spacial score (nSPS) is 12.1. The van der Waals surface area contributed by atoms with Gasteiger partial charge in [0.1, 0.15) is 0 Å². The monoisotopic (exact) mass is 345 g/mol. The van der Waals surface area contributed by atoms with Gasteiger partial charge in [-0.3, -0.25) is 9.59 Å². The fourth-order valence-electron chi connectivity index (χ4n) is 1.81. The average Bonchev–Trinajstić information content (AvgIpc) is 2.47. The van der Waals surface area contributed by atoms with Crippen LogP contribution in [0.5, 0.6) is 0 Å². The van der Waals surface area contributed by atoms with Crippen LogP contribution in [0, 0.1) is 5.92 Å². The van der Waals surface area contributed by atoms with Crippen LogP contribution in [0.4, 0.5) is 5.69 Å². The number of hydrogen-bond donors (Lipinski definition) is 2. The first-order valence-electron chi connectivity index (χ1n) is 7.06. The summed E-state index contributed by atoms with van der Waals surface area (Å²) < 4.78 is 0. The number of amides is 2. The third-order valence-corrected chi connectivity index (χ3v) is 3.89. The summed E-state index contributed by atoms with van der Waals surface area (Å²) in [5, 5.41) is 3.31. The smallest absolute Gasteiger partial charge is 0.244 e. The van der Waals surface area contributed by atoms with Gasteiger partial charge in [0.15, 0.2) is 0 Å². The average molecular weight is 346 g/mol. The molecule has 0 fully saturated rings. The number of carbonyl (C=O) groups excluding carboxylic acids is 2. The Morgan fingerprint density at radius 2 is 1.82 bits per heavy atom. The van der Waals surface area contributed by atoms with Gasteiger partial charge in [0.2, 0.25) is 11.8 Å². The Labute approximate surface area is 140 Å². The lowest BCUT2D eigenvalue weighted by molar-refractivity contribution is -0.136. The third-order valence-electron chi connectivity index (χ3n) is 3.26. The van der Waals surface area contributed by atoms with Crippen molar-refractivity contribution in [3.05, 3.63) is 28.2 Å². The van der Waals surface area contributed by atoms with Gasteiger partial charge in [0, 0.05) is 6.54 Å². The largest absolute Gasteiger partial charge is 0.332 e. The molecule has 7 heteroatoms. The minimum atomic E-state index is -0.628. The van der Waals surface area contributed by atoms with Gasteiger partial charge < -0.3 is 16.0 Å². The summed E-state index contributed by atoms with van der Waals surface area (Å²) >= 11 is 12.0. The number of para-hydroxylation sites is 1. The highest BCUT2D eigenvalue weighted by atomic mass is 35.5. The molecule has 1 atom stereocenters. The van der Waals surface area contributed by atoms with Crippen molar-refractivity contribution < 1.29 is 9.59 Å². The zero-order valence-corrected chi connectivity index (χ0v) is 14.4. The predicted molar refractivity (Wildman–Crippen MR) is 90.2 cm³/mol. The first kappa shape index (κ1) is 18.7. The first-order chi connectivity index (χ1) is 10.3. The Balaban J connectivity index is 2.76. The van der Waals surface area contributed by atoms with E-state index in [1.54, 1.807) is 25.1 Å². The molecule has 0 spiro atoms. The second-order valence-electron chi connectivity index (χ2n) is 5.27. The number of nitrogens with two attached hydrogens (primary N) is 1. The zero-order chi connectivity index (χ0) is 16.9. The number of carbonyl (C=O) groups is 2. The van der Waals surface area contributed by atoms with E-state index in [0.29, 0.717) is 22.3 Å². The van der Waals surface area contributed by atoms with Crippen LogP contribution in [0.15, 0.2) is 18.2 Å². The van der Waals surface area contributed by atoms with Gasteiger partial charge in [0.05, 0.1) is 28.3 Å². The molecule has 2 amide bonds. The van der Waals surface area contributed by atoms with Gasteiger partial charge in [0.25, 0.3) is 0 Å². The molecule has 1 rings (SSSR count). The summed E-state index contributed by atoms with van der Waals surface area (Å²) in [5.74, 6) is -0.623. The highest BCUT2D eigenvalue weighted by molar-refractivity contribution is 6.39. The van der Waals surface area contributed by atoms with Crippen LogP contribution in [0.2, 0.25) is 10.0 Å². The molecule has 1 aromatic carbocycles. The van der Waals surface area contributed by atoms with Gasteiger partial charge in [-0.1, -0.05) is 43.1 Å². The van der Waals surface area contributed by atoms with Crippen molar-refractivity contribution in [2.24, 2.45) is 11.7 Å². The van der Waals surface area contributed by atoms with Crippen molar-refractivity contribution in [3.63, 3.8) is 0 Å². The molecule has 3 N–H and O–H groups in total. The number of hydrogen-bond acceptors (Lipinski definition) is 3. The number of halogens is 2. The minimum Gasteiger partial charge on any atom is -0.332 e. The summed E-state index contributed by atoms with van der Waals surface area (Å²) in [6.07, 6.45) is 0. The summed E-state index contributed by atoms with van der Waals surface area (Å²) in [5.41, 5.74) is 6.19. The molecule has 0 saturated carbocycles. The van der Waals surface area contributed by atoms with Gasteiger partial charge in [-0.25, -0.2) is 0 Å². The van der Waals surface area contributed by atoms with Crippen LogP contribution >= 0.6 is 23.2 Å². The molecular weight excluding hydrogens is 325 g/mol. The minimum absolute atomic E-state index is 0.00243. The van der Waals surface area contributed by atoms with Crippen LogP contribution in [-0.2, 0) is 9.59 Å². The second-order valence-corrected chi connectivity index (χ2v) is 6.08. The lowest BCUT2D eigenvalue weighted by Crippen LogP contribution is -2.48. The fraction of sp³-hybridized carbons (Fsp3) is 0.467.